The highest BCUT2D eigenvalue weighted by molar-refractivity contribution is 5.94. The number of aryl methyl sites for hydroxylation is 1. The van der Waals surface area contributed by atoms with E-state index >= 15 is 0 Å². The van der Waals surface area contributed by atoms with Crippen LogP contribution in [0.1, 0.15) is 24.8 Å². The van der Waals surface area contributed by atoms with Crippen LogP contribution in [0, 0.1) is 6.92 Å². The van der Waals surface area contributed by atoms with Crippen LogP contribution in [-0.2, 0) is 20.9 Å². The number of rotatable bonds is 9. The van der Waals surface area contributed by atoms with E-state index in [-0.39, 0.29) is 43.2 Å². The van der Waals surface area contributed by atoms with Crippen molar-refractivity contribution in [3.05, 3.63) is 54.5 Å². The monoisotopic (exact) mass is 536 g/mol. The molecule has 12 nitrogen and oxygen atoms in total. The van der Waals surface area contributed by atoms with Gasteiger partial charge >= 0.3 is 6.01 Å². The molecule has 2 unspecified atom stereocenters. The minimum atomic E-state index is -0.678. The summed E-state index contributed by atoms with van der Waals surface area (Å²) in [5.74, 6) is 0.808. The Morgan fingerprint density at radius 2 is 2.00 bits per heavy atom. The van der Waals surface area contributed by atoms with Crippen molar-refractivity contribution in [3.63, 3.8) is 0 Å². The first-order valence-electron chi connectivity index (χ1n) is 12.9. The second-order valence-electron chi connectivity index (χ2n) is 9.63. The van der Waals surface area contributed by atoms with Crippen molar-refractivity contribution in [2.75, 3.05) is 32.1 Å². The lowest BCUT2D eigenvalue weighted by atomic mass is 10.1. The molecule has 2 aliphatic rings. The van der Waals surface area contributed by atoms with E-state index in [1.807, 2.05) is 36.1 Å². The maximum atomic E-state index is 12.9. The molecule has 2 fully saturated rings. The third-order valence-corrected chi connectivity index (χ3v) is 6.58. The first kappa shape index (κ1) is 26.4. The fourth-order valence-electron chi connectivity index (χ4n) is 4.57. The Labute approximate surface area is 226 Å². The Hall–Kier alpha value is -4.19. The van der Waals surface area contributed by atoms with Crippen LogP contribution in [0.15, 0.2) is 48.9 Å². The zero-order chi connectivity index (χ0) is 27.2. The summed E-state index contributed by atoms with van der Waals surface area (Å²) in [6, 6.07) is 9.75. The van der Waals surface area contributed by atoms with Gasteiger partial charge in [-0.2, -0.15) is 10.1 Å². The van der Waals surface area contributed by atoms with Gasteiger partial charge in [0.05, 0.1) is 32.1 Å². The highest BCUT2D eigenvalue weighted by Gasteiger charge is 2.33. The number of hydrogen-bond acceptors (Lipinski definition) is 9. The van der Waals surface area contributed by atoms with E-state index in [1.54, 1.807) is 12.3 Å². The fourth-order valence-corrected chi connectivity index (χ4v) is 4.57. The summed E-state index contributed by atoms with van der Waals surface area (Å²) in [7, 11) is 1.47. The van der Waals surface area contributed by atoms with Gasteiger partial charge in [-0.3, -0.25) is 14.3 Å². The summed E-state index contributed by atoms with van der Waals surface area (Å²) in [5.41, 5.74) is 1.66. The number of amides is 2. The summed E-state index contributed by atoms with van der Waals surface area (Å²) in [6.07, 6.45) is 5.77. The Balaban J connectivity index is 1.08. The van der Waals surface area contributed by atoms with E-state index in [1.165, 1.54) is 29.7 Å². The van der Waals surface area contributed by atoms with Crippen LogP contribution in [0.4, 0.5) is 5.69 Å². The highest BCUT2D eigenvalue weighted by Crippen LogP contribution is 2.22. The summed E-state index contributed by atoms with van der Waals surface area (Å²) >= 11 is 0. The molecule has 1 aromatic carbocycles. The van der Waals surface area contributed by atoms with Crippen molar-refractivity contribution in [3.8, 4) is 17.6 Å². The number of carbonyl (C=O) groups excluding carboxylic acids is 2. The quantitative estimate of drug-likeness (QED) is 0.438. The Morgan fingerprint density at radius 3 is 2.82 bits per heavy atom. The molecule has 39 heavy (non-hydrogen) atoms. The number of piperidine rings is 1. The van der Waals surface area contributed by atoms with E-state index in [9.17, 15) is 9.59 Å². The van der Waals surface area contributed by atoms with Crippen molar-refractivity contribution in [1.29, 1.82) is 0 Å². The lowest BCUT2D eigenvalue weighted by Gasteiger charge is -2.33. The number of ether oxygens (including phenoxy) is 4. The molecule has 4 heterocycles. The van der Waals surface area contributed by atoms with Crippen LogP contribution < -0.4 is 19.5 Å². The molecular formula is C27H32N6O6. The largest absolute Gasteiger partial charge is 0.489 e. The zero-order valence-electron chi connectivity index (χ0n) is 22.0. The fraction of sp³-hybridized carbons (Fsp3) is 0.444. The summed E-state index contributed by atoms with van der Waals surface area (Å²) in [5, 5.41) is 7.05. The van der Waals surface area contributed by atoms with Crippen molar-refractivity contribution in [1.82, 2.24) is 24.6 Å². The molecule has 206 valence electrons. The van der Waals surface area contributed by atoms with Crippen LogP contribution in [0.2, 0.25) is 0 Å². The van der Waals surface area contributed by atoms with Crippen molar-refractivity contribution in [2.24, 2.45) is 0 Å². The minimum Gasteiger partial charge on any atom is -0.489 e. The highest BCUT2D eigenvalue weighted by atomic mass is 16.6. The van der Waals surface area contributed by atoms with Gasteiger partial charge in [-0.25, -0.2) is 4.98 Å². The van der Waals surface area contributed by atoms with E-state index < -0.39 is 6.10 Å². The van der Waals surface area contributed by atoms with Gasteiger partial charge in [0.25, 0.3) is 5.91 Å². The smallest absolute Gasteiger partial charge is 0.319 e. The van der Waals surface area contributed by atoms with Crippen LogP contribution in [0.25, 0.3) is 0 Å². The minimum absolute atomic E-state index is 0.0475. The standard InChI is InChI=1S/C27H32N6O6/c1-18-5-7-20(8-6-18)38-21-4-3-11-32(15-21)25(34)16-33-14-19(13-29-33)30-26(35)23-12-22(17-37-23)39-24-9-10-28-27(31-24)36-2/h5-10,13-14,21-23H,3-4,11-12,15-17H2,1-2H3,(H,30,35)/t21-,22?,23?/m0/s1. The predicted molar refractivity (Wildman–Crippen MR) is 140 cm³/mol. The number of methoxy groups -OCH3 is 1. The lowest BCUT2D eigenvalue weighted by molar-refractivity contribution is -0.134. The number of anilines is 1. The molecule has 12 heteroatoms. The molecule has 3 atom stereocenters. The van der Waals surface area contributed by atoms with Gasteiger partial charge in [-0.15, -0.1) is 0 Å². The van der Waals surface area contributed by atoms with Gasteiger partial charge in [-0.1, -0.05) is 17.7 Å². The van der Waals surface area contributed by atoms with E-state index in [0.717, 1.165) is 18.6 Å². The number of carbonyl (C=O) groups is 2. The van der Waals surface area contributed by atoms with Gasteiger partial charge in [0.15, 0.2) is 0 Å². The predicted octanol–water partition coefficient (Wildman–Crippen LogP) is 2.24. The second kappa shape index (κ2) is 12.1. The van der Waals surface area contributed by atoms with Crippen molar-refractivity contribution in [2.45, 2.75) is 51.0 Å². The third kappa shape index (κ3) is 7.02. The number of nitrogens with zero attached hydrogens (tertiary/aromatic N) is 5. The summed E-state index contributed by atoms with van der Waals surface area (Å²) in [6.45, 7) is 3.57. The summed E-state index contributed by atoms with van der Waals surface area (Å²) < 4.78 is 24.0. The van der Waals surface area contributed by atoms with Crippen LogP contribution in [0.3, 0.4) is 0 Å². The maximum Gasteiger partial charge on any atom is 0.319 e. The molecule has 0 saturated carbocycles. The average molecular weight is 537 g/mol. The number of likely N-dealkylation sites (tertiary alicyclic amines) is 1. The third-order valence-electron chi connectivity index (χ3n) is 6.58. The number of benzene rings is 1. The van der Waals surface area contributed by atoms with Crippen LogP contribution in [-0.4, -0.2) is 81.6 Å². The molecule has 0 spiro atoms. The van der Waals surface area contributed by atoms with E-state index in [2.05, 4.69) is 20.4 Å². The van der Waals surface area contributed by atoms with Gasteiger partial charge in [0, 0.05) is 31.4 Å². The molecule has 0 bridgehead atoms. The van der Waals surface area contributed by atoms with E-state index in [4.69, 9.17) is 18.9 Å². The van der Waals surface area contributed by atoms with Crippen LogP contribution >= 0.6 is 0 Å². The molecular weight excluding hydrogens is 504 g/mol. The van der Waals surface area contributed by atoms with Gasteiger partial charge in [-0.05, 0) is 31.9 Å². The first-order chi connectivity index (χ1) is 18.9. The molecule has 2 saturated heterocycles. The first-order valence-corrected chi connectivity index (χ1v) is 12.9. The van der Waals surface area contributed by atoms with Gasteiger partial charge in [0.1, 0.15) is 30.6 Å². The van der Waals surface area contributed by atoms with Crippen LogP contribution in [0.5, 0.6) is 17.6 Å². The normalized spacial score (nSPS) is 20.9. The number of aromatic nitrogens is 4. The van der Waals surface area contributed by atoms with Crippen molar-refractivity contribution < 1.29 is 28.5 Å². The number of hydrogen-bond donors (Lipinski definition) is 1. The lowest BCUT2D eigenvalue weighted by Crippen LogP contribution is -2.45. The molecule has 3 aromatic rings. The molecule has 1 N–H and O–H groups in total. The van der Waals surface area contributed by atoms with E-state index in [0.29, 0.717) is 31.1 Å². The Bertz CT molecular complexity index is 1280. The SMILES string of the molecule is COc1nccc(OC2COC(C(=O)Nc3cnn(CC(=O)N4CCC[C@H](Oc5ccc(C)cc5)C4)c3)C2)n1. The summed E-state index contributed by atoms with van der Waals surface area (Å²) in [4.78, 5) is 35.6. The van der Waals surface area contributed by atoms with Crippen molar-refractivity contribution >= 4 is 17.5 Å². The zero-order valence-corrected chi connectivity index (χ0v) is 22.0. The molecule has 2 aromatic heterocycles. The molecule has 2 aliphatic heterocycles. The molecule has 2 amide bonds. The topological polar surface area (TPSA) is 130 Å². The number of nitrogens with one attached hydrogen (secondary N) is 1. The van der Waals surface area contributed by atoms with Gasteiger partial charge in [0.2, 0.25) is 11.8 Å². The average Bonchev–Trinajstić information content (AvgIpc) is 3.60. The Morgan fingerprint density at radius 1 is 1.15 bits per heavy atom. The Kier molecular flexibility index (Phi) is 8.21. The maximum absolute atomic E-state index is 12.9. The molecule has 0 radical (unpaired) electrons. The molecule has 5 rings (SSSR count). The van der Waals surface area contributed by atoms with Gasteiger partial charge < -0.3 is 29.2 Å². The second-order valence-corrected chi connectivity index (χ2v) is 9.63. The molecule has 0 aliphatic carbocycles.